The quantitative estimate of drug-likeness (QED) is 0.166. The zero-order valence-corrected chi connectivity index (χ0v) is 32.8. The maximum absolute atomic E-state index is 11.7. The molecule has 0 saturated carbocycles. The van der Waals surface area contributed by atoms with Crippen LogP contribution in [0.2, 0.25) is 0 Å². The van der Waals surface area contributed by atoms with Crippen LogP contribution in [0.1, 0.15) is 112 Å². The van der Waals surface area contributed by atoms with Crippen molar-refractivity contribution in [3.8, 4) is 11.5 Å². The summed E-state index contributed by atoms with van der Waals surface area (Å²) in [5.41, 5.74) is 1.61. The monoisotopic (exact) mass is 698 g/mol. The molecule has 2 heterocycles. The molecule has 9 nitrogen and oxygen atoms in total. The predicted molar refractivity (Wildman–Crippen MR) is 204 cm³/mol. The molecule has 3 amide bonds. The number of unbranched alkanes of at least 4 members (excludes halogenated alkanes) is 1. The van der Waals surface area contributed by atoms with Crippen LogP contribution in [0.3, 0.4) is 0 Å². The summed E-state index contributed by atoms with van der Waals surface area (Å²) in [6.07, 6.45) is 7.88. The van der Waals surface area contributed by atoms with Crippen LogP contribution in [0.5, 0.6) is 11.5 Å². The molecular formula is C41H67N3O6. The summed E-state index contributed by atoms with van der Waals surface area (Å²) in [7, 11) is 1.72. The fraction of sp³-hybridized carbons (Fsp3) is 0.634. The van der Waals surface area contributed by atoms with Crippen LogP contribution in [0, 0.1) is 11.8 Å². The van der Waals surface area contributed by atoms with Crippen molar-refractivity contribution in [2.24, 2.45) is 11.8 Å². The lowest BCUT2D eigenvalue weighted by molar-refractivity contribution is -0.118. The Kier molecular flexibility index (Phi) is 21.1. The first-order valence-electron chi connectivity index (χ1n) is 18.6. The van der Waals surface area contributed by atoms with Gasteiger partial charge in [0.1, 0.15) is 17.1 Å². The maximum atomic E-state index is 11.7. The van der Waals surface area contributed by atoms with Crippen LogP contribution in [0.15, 0.2) is 48.5 Å². The number of likely N-dealkylation sites (tertiary alicyclic amines) is 1. The van der Waals surface area contributed by atoms with Gasteiger partial charge in [-0.3, -0.25) is 9.59 Å². The fourth-order valence-corrected chi connectivity index (χ4v) is 5.99. The Morgan fingerprint density at radius 2 is 1.66 bits per heavy atom. The van der Waals surface area contributed by atoms with Crippen molar-refractivity contribution < 1.29 is 28.6 Å². The van der Waals surface area contributed by atoms with Gasteiger partial charge in [-0.1, -0.05) is 71.0 Å². The Labute approximate surface area is 303 Å². The van der Waals surface area contributed by atoms with Gasteiger partial charge >= 0.3 is 6.09 Å². The van der Waals surface area contributed by atoms with Crippen molar-refractivity contribution in [3.63, 3.8) is 0 Å². The van der Waals surface area contributed by atoms with Gasteiger partial charge in [0.05, 0.1) is 0 Å². The first-order valence-corrected chi connectivity index (χ1v) is 18.6. The van der Waals surface area contributed by atoms with Gasteiger partial charge in [-0.15, -0.1) is 0 Å². The van der Waals surface area contributed by atoms with E-state index in [1.165, 1.54) is 6.42 Å². The highest BCUT2D eigenvalue weighted by molar-refractivity contribution is 5.68. The van der Waals surface area contributed by atoms with E-state index in [4.69, 9.17) is 14.2 Å². The Bertz CT molecular complexity index is 1200. The Morgan fingerprint density at radius 1 is 1.06 bits per heavy atom. The van der Waals surface area contributed by atoms with E-state index in [1.54, 1.807) is 12.0 Å². The minimum Gasteiger partial charge on any atom is -0.457 e. The van der Waals surface area contributed by atoms with Crippen LogP contribution in [0.25, 0.3) is 0 Å². The van der Waals surface area contributed by atoms with Gasteiger partial charge in [0.25, 0.3) is 0 Å². The molecule has 1 unspecified atom stereocenters. The number of benzene rings is 2. The van der Waals surface area contributed by atoms with Crippen molar-refractivity contribution in [1.29, 1.82) is 0 Å². The van der Waals surface area contributed by atoms with E-state index >= 15 is 0 Å². The Hall–Kier alpha value is -3.59. The van der Waals surface area contributed by atoms with Crippen molar-refractivity contribution >= 4 is 18.9 Å². The van der Waals surface area contributed by atoms with E-state index in [-0.39, 0.29) is 17.1 Å². The number of ether oxygens (including phenoxy) is 3. The second kappa shape index (κ2) is 23.7. The second-order valence-electron chi connectivity index (χ2n) is 14.2. The molecule has 2 aliphatic rings. The molecule has 4 rings (SSSR count). The molecule has 0 aliphatic carbocycles. The number of rotatable bonds is 13. The van der Waals surface area contributed by atoms with Gasteiger partial charge in [0.2, 0.25) is 12.8 Å². The minimum absolute atomic E-state index is 0.163. The van der Waals surface area contributed by atoms with E-state index in [9.17, 15) is 14.4 Å². The van der Waals surface area contributed by atoms with Crippen LogP contribution < -0.4 is 10.1 Å². The lowest BCUT2D eigenvalue weighted by Crippen LogP contribution is -2.42. The van der Waals surface area contributed by atoms with Crippen LogP contribution in [0.4, 0.5) is 4.79 Å². The van der Waals surface area contributed by atoms with Crippen molar-refractivity contribution in [2.45, 2.75) is 112 Å². The highest BCUT2D eigenvalue weighted by Crippen LogP contribution is 2.50. The number of nitrogens with one attached hydrogen (secondary N) is 1. The van der Waals surface area contributed by atoms with Crippen LogP contribution >= 0.6 is 0 Å². The first-order chi connectivity index (χ1) is 23.9. The molecule has 1 atom stereocenters. The molecular weight excluding hydrogens is 630 g/mol. The largest absolute Gasteiger partial charge is 0.457 e. The van der Waals surface area contributed by atoms with Crippen molar-refractivity contribution in [1.82, 2.24) is 15.1 Å². The molecule has 1 saturated heterocycles. The number of amides is 3. The maximum Gasteiger partial charge on any atom is 0.410 e. The second-order valence-corrected chi connectivity index (χ2v) is 14.2. The number of para-hydroxylation sites is 2. The normalized spacial score (nSPS) is 15.5. The molecule has 50 heavy (non-hydrogen) atoms. The van der Waals surface area contributed by atoms with E-state index in [1.807, 2.05) is 82.8 Å². The molecule has 9 heteroatoms. The topological polar surface area (TPSA) is 97.4 Å². The number of carbonyl (C=O) groups excluding carboxylic acids is 3. The third kappa shape index (κ3) is 15.1. The van der Waals surface area contributed by atoms with Crippen molar-refractivity contribution in [2.75, 3.05) is 46.4 Å². The number of fused-ring (bicyclic) bond motifs is 2. The third-order valence-corrected chi connectivity index (χ3v) is 8.57. The summed E-state index contributed by atoms with van der Waals surface area (Å²) < 4.78 is 16.6. The number of methoxy groups -OCH3 is 1. The number of nitrogens with zero attached hydrogens (tertiary/aromatic N) is 2. The van der Waals surface area contributed by atoms with Gasteiger partial charge in [-0.25, -0.2) is 4.79 Å². The number of hydrogen-bond acceptors (Lipinski definition) is 6. The summed E-state index contributed by atoms with van der Waals surface area (Å²) in [6.45, 7) is 22.9. The van der Waals surface area contributed by atoms with E-state index < -0.39 is 0 Å². The molecule has 0 spiro atoms. The predicted octanol–water partition coefficient (Wildman–Crippen LogP) is 8.83. The number of piperidine rings is 1. The molecule has 2 aromatic rings. The Balaban J connectivity index is 0.000000409. The molecule has 0 radical (unpaired) electrons. The zero-order chi connectivity index (χ0) is 37.6. The summed E-state index contributed by atoms with van der Waals surface area (Å²) in [5, 5.41) is 2.91. The molecule has 1 N–H and O–H groups in total. The van der Waals surface area contributed by atoms with Crippen LogP contribution in [-0.2, 0) is 24.5 Å². The fourth-order valence-electron chi connectivity index (χ4n) is 5.99. The summed E-state index contributed by atoms with van der Waals surface area (Å²) in [4.78, 5) is 36.6. The average Bonchev–Trinajstić information content (AvgIpc) is 3.10. The molecule has 0 bridgehead atoms. The van der Waals surface area contributed by atoms with Gasteiger partial charge in [-0.2, -0.15) is 0 Å². The SMILES string of the molecule is CC.CC1CCCN(C(=O)OC(C)(C)C)C1.CCN(C=O)CCC(C)C.COCCCCC1(CNC=O)c2ccccc2Oc2ccccc21. The van der Waals surface area contributed by atoms with E-state index in [0.717, 1.165) is 100 Å². The molecule has 0 aromatic heterocycles. The zero-order valence-electron chi connectivity index (χ0n) is 32.8. The standard InChI is InChI=1S/C20H23NO3.C11H21NO2.C8H17NO.C2H6/c1-23-13-7-6-12-20(14-21-15-22)16-8-2-4-10-18(16)24-19-11-5-3-9-17(19)20;1-9-6-5-7-12(8-9)10(13)14-11(2,3)4;1-4-9(7-10)6-5-8(2)3;1-2/h2-5,8-11,15H,6-7,12-14H2,1H3,(H,21,22);9H,5-8H2,1-4H3;7-8H,4-6H2,1-3H3;1-2H3. The molecule has 1 fully saturated rings. The van der Waals surface area contributed by atoms with Gasteiger partial charge < -0.3 is 29.3 Å². The summed E-state index contributed by atoms with van der Waals surface area (Å²) in [6, 6.07) is 16.2. The smallest absolute Gasteiger partial charge is 0.410 e. The van der Waals surface area contributed by atoms with E-state index in [0.29, 0.717) is 18.4 Å². The minimum atomic E-state index is -0.377. The summed E-state index contributed by atoms with van der Waals surface area (Å²) in [5.74, 6) is 3.04. The first kappa shape index (κ1) is 44.4. The van der Waals surface area contributed by atoms with Gasteiger partial charge in [-0.05, 0) is 90.2 Å². The van der Waals surface area contributed by atoms with Gasteiger partial charge in [0.15, 0.2) is 0 Å². The molecule has 2 aromatic carbocycles. The lowest BCUT2D eigenvalue weighted by Gasteiger charge is -2.40. The Morgan fingerprint density at radius 3 is 2.14 bits per heavy atom. The molecule has 282 valence electrons. The lowest BCUT2D eigenvalue weighted by atomic mass is 9.69. The van der Waals surface area contributed by atoms with Crippen LogP contribution in [-0.4, -0.2) is 80.8 Å². The summed E-state index contributed by atoms with van der Waals surface area (Å²) >= 11 is 0. The van der Waals surface area contributed by atoms with E-state index in [2.05, 4.69) is 38.2 Å². The highest BCUT2D eigenvalue weighted by atomic mass is 16.6. The van der Waals surface area contributed by atoms with Crippen molar-refractivity contribution in [3.05, 3.63) is 59.7 Å². The average molecular weight is 698 g/mol. The highest BCUT2D eigenvalue weighted by Gasteiger charge is 2.41. The number of carbonyl (C=O) groups is 3. The van der Waals surface area contributed by atoms with Gasteiger partial charge in [0, 0.05) is 63.0 Å². The number of hydrogen-bond donors (Lipinski definition) is 1. The molecule has 2 aliphatic heterocycles. The third-order valence-electron chi connectivity index (χ3n) is 8.57.